The quantitative estimate of drug-likeness (QED) is 0.149. The number of carbonyl (C=O) groups excluding carboxylic acids is 2. The van der Waals surface area contributed by atoms with Gasteiger partial charge in [-0.3, -0.25) is 9.59 Å². The summed E-state index contributed by atoms with van der Waals surface area (Å²) >= 11 is 0. The summed E-state index contributed by atoms with van der Waals surface area (Å²) in [6.45, 7) is 15.1. The van der Waals surface area contributed by atoms with E-state index in [1.54, 1.807) is 6.92 Å². The Balaban J connectivity index is 1.16. The van der Waals surface area contributed by atoms with E-state index in [1.165, 1.54) is 14.2 Å². The van der Waals surface area contributed by atoms with E-state index in [0.717, 1.165) is 44.1 Å². The first-order valence-corrected chi connectivity index (χ1v) is 21.1. The minimum Gasteiger partial charge on any atom is -0.469 e. The molecule has 4 saturated carbocycles. The lowest BCUT2D eigenvalue weighted by Gasteiger charge is -2.71. The molecule has 13 heteroatoms. The van der Waals surface area contributed by atoms with Crippen LogP contribution in [0.15, 0.2) is 11.6 Å². The Hall–Kier alpha value is -1.68. The van der Waals surface area contributed by atoms with Gasteiger partial charge in [-0.1, -0.05) is 53.2 Å². The molecule has 5 N–H and O–H groups in total. The van der Waals surface area contributed by atoms with Crippen LogP contribution < -0.4 is 0 Å². The van der Waals surface area contributed by atoms with Gasteiger partial charge in [0.05, 0.1) is 43.9 Å². The second-order valence-electron chi connectivity index (χ2n) is 19.9. The summed E-state index contributed by atoms with van der Waals surface area (Å²) in [5, 5.41) is 53.2. The third-order valence-electron chi connectivity index (χ3n) is 17.3. The van der Waals surface area contributed by atoms with E-state index in [0.29, 0.717) is 25.2 Å². The first-order chi connectivity index (χ1) is 26.3. The van der Waals surface area contributed by atoms with Gasteiger partial charge in [-0.05, 0) is 111 Å². The van der Waals surface area contributed by atoms with E-state index in [1.807, 2.05) is 0 Å². The molecule has 0 spiro atoms. The number of rotatable bonds is 6. The summed E-state index contributed by atoms with van der Waals surface area (Å²) in [6, 6.07) is 0. The van der Waals surface area contributed by atoms with Crippen LogP contribution in [-0.2, 0) is 38.0 Å². The zero-order chi connectivity index (χ0) is 40.9. The number of esters is 2. The molecule has 2 saturated heterocycles. The van der Waals surface area contributed by atoms with Crippen LogP contribution in [0.3, 0.4) is 0 Å². The van der Waals surface area contributed by atoms with Crippen molar-refractivity contribution in [3.63, 3.8) is 0 Å². The highest BCUT2D eigenvalue weighted by Gasteiger charge is 2.74. The fourth-order valence-corrected chi connectivity index (χ4v) is 14.0. The number of fused-ring (bicyclic) bond motifs is 7. The van der Waals surface area contributed by atoms with Crippen LogP contribution >= 0.6 is 0 Å². The van der Waals surface area contributed by atoms with Crippen LogP contribution in [0.4, 0.5) is 0 Å². The molecule has 19 atom stereocenters. The molecule has 0 radical (unpaired) electrons. The van der Waals surface area contributed by atoms with E-state index in [4.69, 9.17) is 28.4 Å². The molecule has 0 aromatic carbocycles. The lowest BCUT2D eigenvalue weighted by Crippen LogP contribution is -2.68. The van der Waals surface area contributed by atoms with Crippen molar-refractivity contribution in [3.05, 3.63) is 11.6 Å². The van der Waals surface area contributed by atoms with Crippen molar-refractivity contribution >= 4 is 11.9 Å². The topological polar surface area (TPSA) is 191 Å². The first-order valence-electron chi connectivity index (χ1n) is 21.1. The Labute approximate surface area is 331 Å². The van der Waals surface area contributed by atoms with Gasteiger partial charge in [-0.15, -0.1) is 0 Å². The summed E-state index contributed by atoms with van der Waals surface area (Å²) in [6.07, 6.45) is -2.94. The molecule has 7 aliphatic rings. The maximum Gasteiger partial charge on any atom is 0.316 e. The number of hydrogen-bond donors (Lipinski definition) is 5. The van der Waals surface area contributed by atoms with Crippen LogP contribution in [0.2, 0.25) is 0 Å². The van der Waals surface area contributed by atoms with E-state index in [2.05, 4.69) is 47.6 Å². The van der Waals surface area contributed by atoms with Crippen molar-refractivity contribution < 1.29 is 63.5 Å². The molecule has 7 rings (SSSR count). The fourth-order valence-electron chi connectivity index (χ4n) is 14.0. The van der Waals surface area contributed by atoms with Gasteiger partial charge in [0.15, 0.2) is 12.6 Å². The number of aliphatic hydroxyl groups is 5. The number of ether oxygens (including phenoxy) is 6. The summed E-state index contributed by atoms with van der Waals surface area (Å²) < 4.78 is 35.4. The molecular formula is C43H68O13. The summed E-state index contributed by atoms with van der Waals surface area (Å²) in [5.41, 5.74) is -1.40. The van der Waals surface area contributed by atoms with Crippen LogP contribution in [0.25, 0.3) is 0 Å². The normalized spacial score (nSPS) is 52.6. The van der Waals surface area contributed by atoms with E-state index < -0.39 is 77.0 Å². The van der Waals surface area contributed by atoms with E-state index in [-0.39, 0.29) is 53.7 Å². The molecule has 0 aromatic heterocycles. The molecule has 2 aliphatic heterocycles. The Morgan fingerprint density at radius 3 is 2.12 bits per heavy atom. The number of aliphatic hydroxyl groups excluding tert-OH is 5. The van der Waals surface area contributed by atoms with Crippen LogP contribution in [0.5, 0.6) is 0 Å². The predicted octanol–water partition coefficient (Wildman–Crippen LogP) is 3.65. The zero-order valence-electron chi connectivity index (χ0n) is 34.8. The van der Waals surface area contributed by atoms with Crippen molar-refractivity contribution in [3.8, 4) is 0 Å². The first kappa shape index (κ1) is 42.4. The highest BCUT2D eigenvalue weighted by atomic mass is 16.7. The molecular weight excluding hydrogens is 724 g/mol. The van der Waals surface area contributed by atoms with Gasteiger partial charge in [-0.2, -0.15) is 0 Å². The van der Waals surface area contributed by atoms with Crippen LogP contribution in [-0.4, -0.2) is 120 Å². The fraction of sp³-hybridized carbons (Fsp3) is 0.907. The minimum absolute atomic E-state index is 0.101. The second kappa shape index (κ2) is 14.8. The molecule has 2 heterocycles. The lowest BCUT2D eigenvalue weighted by molar-refractivity contribution is -0.358. The molecule has 6 fully saturated rings. The van der Waals surface area contributed by atoms with Crippen molar-refractivity contribution in [1.82, 2.24) is 0 Å². The van der Waals surface area contributed by atoms with Crippen molar-refractivity contribution in [1.29, 1.82) is 0 Å². The molecule has 0 amide bonds. The predicted molar refractivity (Wildman–Crippen MR) is 201 cm³/mol. The molecule has 5 aliphatic carbocycles. The third-order valence-corrected chi connectivity index (χ3v) is 17.3. The average Bonchev–Trinajstić information content (AvgIpc) is 3.16. The summed E-state index contributed by atoms with van der Waals surface area (Å²) in [5.74, 6) is 0.494. The van der Waals surface area contributed by atoms with E-state index >= 15 is 0 Å². The summed E-state index contributed by atoms with van der Waals surface area (Å²) in [7, 11) is 2.99. The molecule has 0 unspecified atom stereocenters. The van der Waals surface area contributed by atoms with Gasteiger partial charge >= 0.3 is 11.9 Å². The standard InChI is InChI=1S/C43H68O13/c1-21-12-17-42(37(49)51-8)18-19-43(38(50)52-9)24(29(42)22(21)2)10-11-27-40(6)15-14-28(39(4,5)26(40)13-16-41(27,43)7)55-36-33(48)34(30(45)23(3)54-36)56-35-32(47)31(46)25(44)20-53-35/h10,21-23,25-36,44-48H,11-20H2,1-9H3/t21-,22+,23+,25-,26+,27-,28+,29+,30+,31+,32-,33-,34-,35+,36+,40+,41-,42+,43-/m1/s1. The van der Waals surface area contributed by atoms with Crippen molar-refractivity contribution in [2.75, 3.05) is 20.8 Å². The number of methoxy groups -OCH3 is 2. The minimum atomic E-state index is -1.59. The maximum atomic E-state index is 14.6. The SMILES string of the molecule is COC(=O)[C@]12CC[C@@H](C)[C@H](C)[C@H]1C1=CC[C@@H]3[C@@]4(C)CC[C@H](O[C@@H]5O[C@@H](C)[C@H](O)[C@@H](O[C@@H]6OC[C@@H](O)[C@H](O)[C@H]6O)[C@H]5O)C(C)(C)[C@@H]4CC[C@@]3(C)[C@]1(C(=O)OC)CC2. The highest BCUT2D eigenvalue weighted by Crippen LogP contribution is 2.76. The van der Waals surface area contributed by atoms with Gasteiger partial charge in [0, 0.05) is 0 Å². The lowest BCUT2D eigenvalue weighted by atomic mass is 9.33. The smallest absolute Gasteiger partial charge is 0.316 e. The molecule has 13 nitrogen and oxygen atoms in total. The van der Waals surface area contributed by atoms with Gasteiger partial charge in [0.25, 0.3) is 0 Å². The number of carbonyl (C=O) groups is 2. The molecule has 0 aromatic rings. The Bertz CT molecular complexity index is 1530. The van der Waals surface area contributed by atoms with Gasteiger partial charge in [-0.25, -0.2) is 0 Å². The van der Waals surface area contributed by atoms with Crippen molar-refractivity contribution in [2.45, 2.75) is 168 Å². The second-order valence-corrected chi connectivity index (χ2v) is 19.9. The van der Waals surface area contributed by atoms with Crippen LogP contribution in [0, 0.1) is 56.7 Å². The number of hydrogen-bond acceptors (Lipinski definition) is 13. The van der Waals surface area contributed by atoms with Gasteiger partial charge < -0.3 is 54.0 Å². The molecule has 0 bridgehead atoms. The van der Waals surface area contributed by atoms with Crippen molar-refractivity contribution in [2.24, 2.45) is 56.7 Å². The van der Waals surface area contributed by atoms with E-state index in [9.17, 15) is 35.1 Å². The Morgan fingerprint density at radius 1 is 0.750 bits per heavy atom. The Kier molecular flexibility index (Phi) is 11.2. The summed E-state index contributed by atoms with van der Waals surface area (Å²) in [4.78, 5) is 28.4. The maximum absolute atomic E-state index is 14.6. The zero-order valence-corrected chi connectivity index (χ0v) is 34.8. The van der Waals surface area contributed by atoms with Gasteiger partial charge in [0.1, 0.15) is 36.6 Å². The molecule has 318 valence electrons. The van der Waals surface area contributed by atoms with Crippen LogP contribution in [0.1, 0.15) is 106 Å². The van der Waals surface area contributed by atoms with Gasteiger partial charge in [0.2, 0.25) is 0 Å². The largest absolute Gasteiger partial charge is 0.469 e. The Morgan fingerprint density at radius 2 is 1.45 bits per heavy atom. The molecule has 56 heavy (non-hydrogen) atoms. The third kappa shape index (κ3) is 5.94. The number of allylic oxidation sites excluding steroid dienone is 1. The highest BCUT2D eigenvalue weighted by molar-refractivity contribution is 5.86. The average molecular weight is 793 g/mol. The monoisotopic (exact) mass is 792 g/mol.